The normalized spacial score (nSPS) is 14.0. The molecule has 3 aromatic rings. The Kier molecular flexibility index (Phi) is 2.15. The molecule has 0 saturated heterocycles. The van der Waals surface area contributed by atoms with Crippen LogP contribution in [0.2, 0.25) is 0 Å². The summed E-state index contributed by atoms with van der Waals surface area (Å²) in [5.41, 5.74) is 3.16. The van der Waals surface area contributed by atoms with Gasteiger partial charge in [-0.1, -0.05) is 18.2 Å². The zero-order chi connectivity index (χ0) is 13.7. The van der Waals surface area contributed by atoms with Crippen molar-refractivity contribution < 1.29 is 14.3 Å². The average Bonchev–Trinajstić information content (AvgIpc) is 2.97. The second kappa shape index (κ2) is 3.87. The van der Waals surface area contributed by atoms with Gasteiger partial charge in [-0.25, -0.2) is 0 Å². The van der Waals surface area contributed by atoms with E-state index in [1.807, 2.05) is 36.4 Å². The predicted molar refractivity (Wildman–Crippen MR) is 75.2 cm³/mol. The number of nitrogens with zero attached hydrogens (tertiary/aromatic N) is 1. The van der Waals surface area contributed by atoms with E-state index >= 15 is 0 Å². The molecule has 20 heavy (non-hydrogen) atoms. The zero-order valence-electron chi connectivity index (χ0n) is 10.5. The van der Waals surface area contributed by atoms with Crippen molar-refractivity contribution in [2.24, 2.45) is 0 Å². The predicted octanol–water partition coefficient (Wildman–Crippen LogP) is 3.36. The number of hydrogen-bond acceptors (Lipinski definition) is 3. The van der Waals surface area contributed by atoms with Crippen molar-refractivity contribution in [3.05, 3.63) is 54.3 Å². The van der Waals surface area contributed by atoms with E-state index in [0.717, 1.165) is 16.9 Å². The maximum absolute atomic E-state index is 12.3. The summed E-state index contributed by atoms with van der Waals surface area (Å²) in [6, 6.07) is 13.1. The highest BCUT2D eigenvalue weighted by molar-refractivity contribution is 6.09. The lowest BCUT2D eigenvalue weighted by Crippen LogP contribution is -2.20. The molecule has 1 aromatic heterocycles. The average molecular weight is 265 g/mol. The number of hydrogen-bond donors (Lipinski definition) is 1. The van der Waals surface area contributed by atoms with Crippen molar-refractivity contribution >= 4 is 28.3 Å². The minimum absolute atomic E-state index is 0.0262. The van der Waals surface area contributed by atoms with Gasteiger partial charge in [0.25, 0.3) is 0 Å². The van der Waals surface area contributed by atoms with Crippen molar-refractivity contribution in [3.63, 3.8) is 0 Å². The Hall–Kier alpha value is -2.75. The molecule has 98 valence electrons. The third-order valence-electron chi connectivity index (χ3n) is 3.60. The van der Waals surface area contributed by atoms with Crippen LogP contribution in [0.3, 0.4) is 0 Å². The number of carbonyl (C=O) groups excluding carboxylic acids is 1. The van der Waals surface area contributed by atoms with Gasteiger partial charge in [-0.15, -0.1) is 0 Å². The molecule has 2 heterocycles. The number of anilines is 2. The Labute approximate surface area is 114 Å². The summed E-state index contributed by atoms with van der Waals surface area (Å²) in [5.74, 6) is 0.119. The fourth-order valence-corrected chi connectivity index (χ4v) is 2.68. The van der Waals surface area contributed by atoms with Gasteiger partial charge in [0.1, 0.15) is 11.8 Å². The third-order valence-corrected chi connectivity index (χ3v) is 3.60. The van der Waals surface area contributed by atoms with Crippen LogP contribution in [0.5, 0.6) is 5.75 Å². The largest absolute Gasteiger partial charge is 0.504 e. The van der Waals surface area contributed by atoms with Crippen LogP contribution in [-0.4, -0.2) is 11.0 Å². The summed E-state index contributed by atoms with van der Waals surface area (Å²) >= 11 is 0. The monoisotopic (exact) mass is 265 g/mol. The second-order valence-corrected chi connectivity index (χ2v) is 4.84. The van der Waals surface area contributed by atoms with Gasteiger partial charge in [0.05, 0.1) is 17.5 Å². The Balaban J connectivity index is 1.95. The van der Waals surface area contributed by atoms with E-state index in [1.54, 1.807) is 11.0 Å². The topological polar surface area (TPSA) is 53.7 Å². The number of aromatic hydroxyl groups is 1. The first-order chi connectivity index (χ1) is 9.74. The first-order valence-corrected chi connectivity index (χ1v) is 6.35. The van der Waals surface area contributed by atoms with E-state index in [9.17, 15) is 9.90 Å². The standard InChI is InChI=1S/C16H11NO3/c18-14-9-20-15-6-10-7-16(19)17(13(10)8-12(14)15)11-4-2-1-3-5-11/h1-6,8-9,18H,7H2. The molecule has 0 saturated carbocycles. The molecule has 4 nitrogen and oxygen atoms in total. The van der Waals surface area contributed by atoms with E-state index in [0.29, 0.717) is 17.4 Å². The second-order valence-electron chi connectivity index (χ2n) is 4.84. The molecule has 1 aliphatic heterocycles. The van der Waals surface area contributed by atoms with Crippen molar-refractivity contribution in [1.29, 1.82) is 0 Å². The number of furan rings is 1. The van der Waals surface area contributed by atoms with Crippen molar-refractivity contribution in [3.8, 4) is 5.75 Å². The number of amides is 1. The van der Waals surface area contributed by atoms with Gasteiger partial charge in [-0.05, 0) is 29.8 Å². The van der Waals surface area contributed by atoms with Crippen LogP contribution in [0.4, 0.5) is 11.4 Å². The van der Waals surface area contributed by atoms with Crippen molar-refractivity contribution in [1.82, 2.24) is 0 Å². The number of benzene rings is 2. The number of para-hydroxylation sites is 1. The van der Waals surface area contributed by atoms with E-state index in [1.165, 1.54) is 6.26 Å². The zero-order valence-corrected chi connectivity index (χ0v) is 10.5. The van der Waals surface area contributed by atoms with E-state index in [2.05, 4.69) is 0 Å². The lowest BCUT2D eigenvalue weighted by molar-refractivity contribution is -0.116. The van der Waals surface area contributed by atoms with Gasteiger partial charge < -0.3 is 9.52 Å². The molecule has 0 unspecified atom stereocenters. The fourth-order valence-electron chi connectivity index (χ4n) is 2.68. The lowest BCUT2D eigenvalue weighted by atomic mass is 10.1. The molecule has 4 rings (SSSR count). The summed E-state index contributed by atoms with van der Waals surface area (Å²) < 4.78 is 5.27. The highest BCUT2D eigenvalue weighted by atomic mass is 16.4. The molecule has 1 N–H and O–H groups in total. The Morgan fingerprint density at radius 2 is 1.95 bits per heavy atom. The Morgan fingerprint density at radius 3 is 2.75 bits per heavy atom. The highest BCUT2D eigenvalue weighted by Crippen LogP contribution is 2.40. The van der Waals surface area contributed by atoms with Gasteiger partial charge in [-0.2, -0.15) is 0 Å². The molecule has 0 spiro atoms. The quantitative estimate of drug-likeness (QED) is 0.734. The molecule has 2 aromatic carbocycles. The van der Waals surface area contributed by atoms with Crippen molar-refractivity contribution in [2.45, 2.75) is 6.42 Å². The minimum Gasteiger partial charge on any atom is -0.504 e. The van der Waals surface area contributed by atoms with E-state index in [4.69, 9.17) is 4.42 Å². The lowest BCUT2D eigenvalue weighted by Gasteiger charge is -2.17. The number of carbonyl (C=O) groups is 1. The molecule has 0 atom stereocenters. The van der Waals surface area contributed by atoms with Crippen LogP contribution in [0, 0.1) is 0 Å². The highest BCUT2D eigenvalue weighted by Gasteiger charge is 2.29. The van der Waals surface area contributed by atoms with Crippen LogP contribution in [0.15, 0.2) is 53.1 Å². The van der Waals surface area contributed by atoms with Crippen LogP contribution in [0.25, 0.3) is 11.0 Å². The molecule has 0 fully saturated rings. The molecule has 0 aliphatic carbocycles. The molecular formula is C16H11NO3. The summed E-state index contributed by atoms with van der Waals surface area (Å²) in [7, 11) is 0. The Morgan fingerprint density at radius 1 is 1.15 bits per heavy atom. The summed E-state index contributed by atoms with van der Waals surface area (Å²) in [6.07, 6.45) is 1.66. The van der Waals surface area contributed by atoms with Gasteiger partial charge in [0.15, 0.2) is 5.75 Å². The first kappa shape index (κ1) is 11.1. The summed E-state index contributed by atoms with van der Waals surface area (Å²) in [4.78, 5) is 13.9. The Bertz CT molecular complexity index is 820. The smallest absolute Gasteiger partial charge is 0.236 e. The van der Waals surface area contributed by atoms with E-state index < -0.39 is 0 Å². The van der Waals surface area contributed by atoms with E-state index in [-0.39, 0.29) is 11.7 Å². The molecule has 4 heteroatoms. The van der Waals surface area contributed by atoms with Crippen molar-refractivity contribution in [2.75, 3.05) is 4.90 Å². The molecule has 1 aliphatic rings. The maximum atomic E-state index is 12.3. The van der Waals surface area contributed by atoms with Gasteiger partial charge >= 0.3 is 0 Å². The molecule has 0 bridgehead atoms. The summed E-state index contributed by atoms with van der Waals surface area (Å²) in [5, 5.41) is 10.4. The first-order valence-electron chi connectivity index (χ1n) is 6.35. The van der Waals surface area contributed by atoms with Crippen LogP contribution in [-0.2, 0) is 11.2 Å². The molecule has 0 radical (unpaired) electrons. The van der Waals surface area contributed by atoms with Gasteiger partial charge in [0.2, 0.25) is 5.91 Å². The minimum atomic E-state index is 0.0262. The SMILES string of the molecule is O=C1Cc2cc3occ(O)c3cc2N1c1ccccc1. The fraction of sp³-hybridized carbons (Fsp3) is 0.0625. The van der Waals surface area contributed by atoms with Crippen LogP contribution < -0.4 is 4.90 Å². The third kappa shape index (κ3) is 1.45. The maximum Gasteiger partial charge on any atom is 0.236 e. The molecular weight excluding hydrogens is 254 g/mol. The van der Waals surface area contributed by atoms with Crippen LogP contribution >= 0.6 is 0 Å². The van der Waals surface area contributed by atoms with Gasteiger partial charge in [0, 0.05) is 5.69 Å². The molecule has 1 amide bonds. The van der Waals surface area contributed by atoms with Crippen LogP contribution in [0.1, 0.15) is 5.56 Å². The number of fused-ring (bicyclic) bond motifs is 2. The van der Waals surface area contributed by atoms with Gasteiger partial charge in [-0.3, -0.25) is 9.69 Å². The number of rotatable bonds is 1. The summed E-state index contributed by atoms with van der Waals surface area (Å²) in [6.45, 7) is 0.